The Morgan fingerprint density at radius 1 is 1.00 bits per heavy atom. The molecule has 0 aromatic heterocycles. The number of unbranched alkanes of at least 4 members (excludes halogenated alkanes) is 1. The third-order valence-corrected chi connectivity index (χ3v) is 3.58. The largest absolute Gasteiger partial charge is 0.494 e. The van der Waals surface area contributed by atoms with Gasteiger partial charge in [-0.05, 0) is 61.7 Å². The lowest BCUT2D eigenvalue weighted by molar-refractivity contribution is -0.116. The minimum absolute atomic E-state index is 0. The Bertz CT molecular complexity index is 662. The van der Waals surface area contributed by atoms with Crippen LogP contribution in [0.15, 0.2) is 48.5 Å². The van der Waals surface area contributed by atoms with Crippen molar-refractivity contribution in [2.75, 3.05) is 25.1 Å². The van der Waals surface area contributed by atoms with Crippen LogP contribution in [-0.4, -0.2) is 25.7 Å². The quantitative estimate of drug-likeness (QED) is 0.614. The number of nitrogens with one attached hydrogen (secondary N) is 1. The van der Waals surface area contributed by atoms with Crippen molar-refractivity contribution < 1.29 is 14.3 Å². The molecule has 6 heteroatoms. The van der Waals surface area contributed by atoms with E-state index in [0.29, 0.717) is 26.2 Å². The first-order valence-corrected chi connectivity index (χ1v) is 8.59. The minimum Gasteiger partial charge on any atom is -0.494 e. The van der Waals surface area contributed by atoms with Crippen molar-refractivity contribution in [3.8, 4) is 11.5 Å². The van der Waals surface area contributed by atoms with Gasteiger partial charge in [-0.15, -0.1) is 12.4 Å². The van der Waals surface area contributed by atoms with Gasteiger partial charge in [0.25, 0.3) is 0 Å². The van der Waals surface area contributed by atoms with Gasteiger partial charge in [0.1, 0.15) is 18.1 Å². The number of aryl methyl sites for hydroxylation is 1. The molecule has 0 heterocycles. The molecule has 0 bridgehead atoms. The Labute approximate surface area is 161 Å². The standard InChI is InChI=1S/C20H26N2O3.ClH/c1-16-5-4-6-19(15-16)24-13-3-2-7-20(23)22-17-8-10-18(11-9-17)25-14-12-21;/h4-6,8-11,15H,2-3,7,12-14,21H2,1H3,(H,22,23);1H. The van der Waals surface area contributed by atoms with E-state index < -0.39 is 0 Å². The molecular formula is C20H27ClN2O3. The topological polar surface area (TPSA) is 73.6 Å². The van der Waals surface area contributed by atoms with Crippen molar-refractivity contribution in [2.24, 2.45) is 5.73 Å². The van der Waals surface area contributed by atoms with Gasteiger partial charge in [0.15, 0.2) is 0 Å². The Morgan fingerprint density at radius 2 is 1.73 bits per heavy atom. The lowest BCUT2D eigenvalue weighted by Gasteiger charge is -2.08. The second-order valence-electron chi connectivity index (χ2n) is 5.83. The number of carbonyl (C=O) groups is 1. The summed E-state index contributed by atoms with van der Waals surface area (Å²) in [6.07, 6.45) is 2.10. The number of ether oxygens (including phenoxy) is 2. The maximum atomic E-state index is 11.9. The lowest BCUT2D eigenvalue weighted by Crippen LogP contribution is -2.12. The summed E-state index contributed by atoms with van der Waals surface area (Å²) in [5.41, 5.74) is 7.33. The van der Waals surface area contributed by atoms with Crippen LogP contribution in [0.25, 0.3) is 0 Å². The van der Waals surface area contributed by atoms with Crippen molar-refractivity contribution >= 4 is 24.0 Å². The summed E-state index contributed by atoms with van der Waals surface area (Å²) in [6.45, 7) is 3.61. The summed E-state index contributed by atoms with van der Waals surface area (Å²) in [6, 6.07) is 15.3. The fraction of sp³-hybridized carbons (Fsp3) is 0.350. The molecule has 0 fully saturated rings. The summed E-state index contributed by atoms with van der Waals surface area (Å²) in [7, 11) is 0. The second-order valence-corrected chi connectivity index (χ2v) is 5.83. The smallest absolute Gasteiger partial charge is 0.224 e. The zero-order valence-corrected chi connectivity index (χ0v) is 15.9. The minimum atomic E-state index is 0. The van der Waals surface area contributed by atoms with Gasteiger partial charge >= 0.3 is 0 Å². The summed E-state index contributed by atoms with van der Waals surface area (Å²) in [5, 5.41) is 2.88. The third-order valence-electron chi connectivity index (χ3n) is 3.58. The molecule has 3 N–H and O–H groups in total. The van der Waals surface area contributed by atoms with E-state index in [0.717, 1.165) is 30.0 Å². The zero-order chi connectivity index (χ0) is 17.9. The highest BCUT2D eigenvalue weighted by molar-refractivity contribution is 5.90. The number of benzene rings is 2. The Balaban J connectivity index is 0.00000338. The Morgan fingerprint density at radius 3 is 2.42 bits per heavy atom. The van der Waals surface area contributed by atoms with Crippen LogP contribution in [-0.2, 0) is 4.79 Å². The van der Waals surface area contributed by atoms with Gasteiger partial charge in [0, 0.05) is 18.7 Å². The van der Waals surface area contributed by atoms with Crippen LogP contribution < -0.4 is 20.5 Å². The molecule has 0 aliphatic carbocycles. The molecule has 0 saturated carbocycles. The molecule has 0 spiro atoms. The molecule has 0 radical (unpaired) electrons. The number of anilines is 1. The predicted octanol–water partition coefficient (Wildman–Crippen LogP) is 3.94. The number of amides is 1. The van der Waals surface area contributed by atoms with Gasteiger partial charge in [0.05, 0.1) is 6.61 Å². The van der Waals surface area contributed by atoms with Crippen LogP contribution in [0.1, 0.15) is 24.8 Å². The van der Waals surface area contributed by atoms with Crippen molar-refractivity contribution in [2.45, 2.75) is 26.2 Å². The van der Waals surface area contributed by atoms with Gasteiger partial charge in [0.2, 0.25) is 5.91 Å². The molecule has 26 heavy (non-hydrogen) atoms. The fourth-order valence-corrected chi connectivity index (χ4v) is 2.32. The summed E-state index contributed by atoms with van der Waals surface area (Å²) >= 11 is 0. The molecule has 2 aromatic rings. The third kappa shape index (κ3) is 8.23. The monoisotopic (exact) mass is 378 g/mol. The van der Waals surface area contributed by atoms with Crippen LogP contribution >= 0.6 is 12.4 Å². The average molecular weight is 379 g/mol. The van der Waals surface area contributed by atoms with E-state index in [1.54, 1.807) is 0 Å². The first kappa shape index (κ1) is 21.8. The molecule has 1 amide bonds. The zero-order valence-electron chi connectivity index (χ0n) is 15.1. The van der Waals surface area contributed by atoms with E-state index in [1.165, 1.54) is 5.56 Å². The Kier molecular flexibility index (Phi) is 10.2. The summed E-state index contributed by atoms with van der Waals surface area (Å²) in [4.78, 5) is 11.9. The number of hydrogen-bond donors (Lipinski definition) is 2. The second kappa shape index (κ2) is 12.2. The van der Waals surface area contributed by atoms with E-state index in [-0.39, 0.29) is 18.3 Å². The van der Waals surface area contributed by atoms with Crippen LogP contribution in [0.4, 0.5) is 5.69 Å². The number of hydrogen-bond acceptors (Lipinski definition) is 4. The van der Waals surface area contributed by atoms with Gasteiger partial charge in [-0.2, -0.15) is 0 Å². The number of nitrogens with two attached hydrogens (primary N) is 1. The molecule has 0 unspecified atom stereocenters. The van der Waals surface area contributed by atoms with Crippen molar-refractivity contribution in [1.29, 1.82) is 0 Å². The highest BCUT2D eigenvalue weighted by Crippen LogP contribution is 2.16. The molecule has 0 aliphatic rings. The summed E-state index contributed by atoms with van der Waals surface area (Å²) < 4.78 is 11.1. The first-order valence-electron chi connectivity index (χ1n) is 8.59. The lowest BCUT2D eigenvalue weighted by atomic mass is 10.2. The Hall–Kier alpha value is -2.24. The van der Waals surface area contributed by atoms with Gasteiger partial charge < -0.3 is 20.5 Å². The van der Waals surface area contributed by atoms with Gasteiger partial charge in [-0.3, -0.25) is 4.79 Å². The van der Waals surface area contributed by atoms with Crippen LogP contribution in [0.3, 0.4) is 0 Å². The SMILES string of the molecule is Cc1cccc(OCCCCC(=O)Nc2ccc(OCCN)cc2)c1.Cl. The van der Waals surface area contributed by atoms with Crippen LogP contribution in [0.2, 0.25) is 0 Å². The van der Waals surface area contributed by atoms with Gasteiger partial charge in [-0.1, -0.05) is 12.1 Å². The first-order chi connectivity index (χ1) is 12.2. The number of halogens is 1. The molecule has 0 atom stereocenters. The highest BCUT2D eigenvalue weighted by atomic mass is 35.5. The molecule has 0 aliphatic heterocycles. The molecule has 2 rings (SSSR count). The van der Waals surface area contributed by atoms with E-state index in [1.807, 2.05) is 55.5 Å². The number of carbonyl (C=O) groups excluding carboxylic acids is 1. The van der Waals surface area contributed by atoms with Crippen LogP contribution in [0, 0.1) is 6.92 Å². The molecule has 142 valence electrons. The van der Waals surface area contributed by atoms with Crippen molar-refractivity contribution in [1.82, 2.24) is 0 Å². The van der Waals surface area contributed by atoms with Crippen molar-refractivity contribution in [3.63, 3.8) is 0 Å². The van der Waals surface area contributed by atoms with Crippen molar-refractivity contribution in [3.05, 3.63) is 54.1 Å². The molecule has 5 nitrogen and oxygen atoms in total. The fourth-order valence-electron chi connectivity index (χ4n) is 2.32. The van der Waals surface area contributed by atoms with Gasteiger partial charge in [-0.25, -0.2) is 0 Å². The molecule has 0 saturated heterocycles. The predicted molar refractivity (Wildman–Crippen MR) is 107 cm³/mol. The van der Waals surface area contributed by atoms with Crippen LogP contribution in [0.5, 0.6) is 11.5 Å². The average Bonchev–Trinajstić information content (AvgIpc) is 2.61. The maximum Gasteiger partial charge on any atom is 0.224 e. The highest BCUT2D eigenvalue weighted by Gasteiger charge is 2.03. The van der Waals surface area contributed by atoms with E-state index in [9.17, 15) is 4.79 Å². The maximum absolute atomic E-state index is 11.9. The van der Waals surface area contributed by atoms with E-state index >= 15 is 0 Å². The molecular weight excluding hydrogens is 352 g/mol. The van der Waals surface area contributed by atoms with E-state index in [2.05, 4.69) is 5.32 Å². The normalized spacial score (nSPS) is 9.92. The van der Waals surface area contributed by atoms with E-state index in [4.69, 9.17) is 15.2 Å². The summed E-state index contributed by atoms with van der Waals surface area (Å²) in [5.74, 6) is 1.63. The molecule has 2 aromatic carbocycles. The number of rotatable bonds is 10.